The van der Waals surface area contributed by atoms with E-state index < -0.39 is 53.1 Å². The van der Waals surface area contributed by atoms with E-state index in [2.05, 4.69) is 9.97 Å². The molecule has 1 fully saturated rings. The topological polar surface area (TPSA) is 199 Å². The number of phenols is 1. The number of pyridine rings is 1. The molecule has 3 aromatic rings. The molecule has 1 amide bonds. The largest absolute Gasteiger partial charge is 0.507 e. The van der Waals surface area contributed by atoms with E-state index in [4.69, 9.17) is 14.7 Å². The molecular formula is C21H21N5O8S. The molecule has 0 radical (unpaired) electrons. The van der Waals surface area contributed by atoms with Crippen molar-refractivity contribution in [3.8, 4) is 5.75 Å². The average molecular weight is 503 g/mol. The van der Waals surface area contributed by atoms with E-state index >= 15 is 0 Å². The van der Waals surface area contributed by atoms with E-state index in [1.54, 1.807) is 29.0 Å². The molecule has 35 heavy (non-hydrogen) atoms. The second kappa shape index (κ2) is 8.58. The monoisotopic (exact) mass is 503 g/mol. The van der Waals surface area contributed by atoms with Crippen LogP contribution in [0.25, 0.3) is 17.2 Å². The van der Waals surface area contributed by atoms with E-state index in [-0.39, 0.29) is 23.5 Å². The second-order valence-electron chi connectivity index (χ2n) is 8.05. The lowest BCUT2D eigenvalue weighted by molar-refractivity contribution is -0.0471. The lowest BCUT2D eigenvalue weighted by atomic mass is 10.0. The molecule has 13 nitrogen and oxygen atoms in total. The Morgan fingerprint density at radius 1 is 1.20 bits per heavy atom. The number of anilines is 1. The summed E-state index contributed by atoms with van der Waals surface area (Å²) in [4.78, 5) is 21.5. The first kappa shape index (κ1) is 23.2. The summed E-state index contributed by atoms with van der Waals surface area (Å²) in [6, 6.07) is 5.87. The Balaban J connectivity index is 1.67. The number of aliphatic hydroxyl groups is 2. The predicted molar refractivity (Wildman–Crippen MR) is 121 cm³/mol. The van der Waals surface area contributed by atoms with Gasteiger partial charge in [-0.25, -0.2) is 14.7 Å². The number of aromatic nitrogens is 3. The fourth-order valence-electron chi connectivity index (χ4n) is 4.13. The van der Waals surface area contributed by atoms with Crippen molar-refractivity contribution in [3.63, 3.8) is 0 Å². The van der Waals surface area contributed by atoms with E-state index in [1.807, 2.05) is 0 Å². The first-order valence-electron chi connectivity index (χ1n) is 10.5. The first-order chi connectivity index (χ1) is 16.7. The van der Waals surface area contributed by atoms with Crippen molar-refractivity contribution < 1.29 is 37.5 Å². The molecule has 1 saturated heterocycles. The van der Waals surface area contributed by atoms with Gasteiger partial charge in [0.15, 0.2) is 11.9 Å². The Labute approximate surface area is 198 Å². The van der Waals surface area contributed by atoms with Crippen LogP contribution in [0.4, 0.5) is 5.69 Å². The third-order valence-electron chi connectivity index (χ3n) is 5.79. The lowest BCUT2D eigenvalue weighted by Gasteiger charge is -2.18. The van der Waals surface area contributed by atoms with Crippen LogP contribution in [0.2, 0.25) is 0 Å². The number of carbonyl (C=O) groups excluding carboxylic acids is 1. The summed E-state index contributed by atoms with van der Waals surface area (Å²) < 4.78 is 38.5. The molecule has 4 heterocycles. The van der Waals surface area contributed by atoms with Gasteiger partial charge in [-0.05, 0) is 30.2 Å². The van der Waals surface area contributed by atoms with Crippen LogP contribution in [0.3, 0.4) is 0 Å². The quantitative estimate of drug-likeness (QED) is 0.267. The summed E-state index contributed by atoms with van der Waals surface area (Å²) in [6.45, 7) is -0.710. The maximum Gasteiger partial charge on any atom is 0.362 e. The normalized spacial score (nSPS) is 27.3. The third kappa shape index (κ3) is 4.11. The highest BCUT2D eigenvalue weighted by Crippen LogP contribution is 2.35. The van der Waals surface area contributed by atoms with E-state index in [1.165, 1.54) is 22.9 Å². The number of nitrogens with two attached hydrogens (primary N) is 1. The molecule has 0 saturated carbocycles. The highest BCUT2D eigenvalue weighted by molar-refractivity contribution is 7.85. The van der Waals surface area contributed by atoms with Gasteiger partial charge in [-0.1, -0.05) is 18.2 Å². The number of nitrogen functional groups attached to an aromatic ring is 1. The molecule has 2 aliphatic heterocycles. The number of nitrogens with one attached hydrogen (secondary N) is 1. The van der Waals surface area contributed by atoms with E-state index in [0.29, 0.717) is 16.8 Å². The number of rotatable bonds is 0. The van der Waals surface area contributed by atoms with Crippen molar-refractivity contribution in [2.45, 2.75) is 31.0 Å². The number of fused-ring (bicyclic) bond motifs is 7. The average Bonchev–Trinajstić information content (AvgIpc) is 3.29. The van der Waals surface area contributed by atoms with Crippen LogP contribution in [-0.2, 0) is 25.6 Å². The zero-order valence-electron chi connectivity index (χ0n) is 18.0. The van der Waals surface area contributed by atoms with Gasteiger partial charge in [0.2, 0.25) is 0 Å². The molecule has 14 heteroatoms. The van der Waals surface area contributed by atoms with Gasteiger partial charge in [-0.3, -0.25) is 13.5 Å². The van der Waals surface area contributed by atoms with Gasteiger partial charge >= 0.3 is 10.3 Å². The third-order valence-corrected chi connectivity index (χ3v) is 6.68. The van der Waals surface area contributed by atoms with Gasteiger partial charge in [0.05, 0.1) is 17.9 Å². The number of ether oxygens (including phenoxy) is 1. The molecule has 6 N–H and O–H groups in total. The number of aliphatic hydroxyl groups excluding tert-OH is 2. The number of phenolic OH excluding ortho intramolecular Hbond substituents is 1. The van der Waals surface area contributed by atoms with Crippen LogP contribution in [0.15, 0.2) is 36.5 Å². The number of amides is 1. The molecule has 2 aliphatic rings. The standard InChI is InChI=1S/C21H21N5O8S/c22-11-7-8-23-19-16(11)24-14-6-2-4-10-3-1-5-12(27)15(10)20(30)25-35(31,32)33-9-13-17(28)18(29)21(34-13)26(14)19/h1-3,5-8,13,17-18,21,27-29H,4,9H2,(H2,22,23)(H,25,30)/b6-2-/t13-,17-,18-,21-/m1/s1. The number of aromatic hydroxyl groups is 1. The maximum atomic E-state index is 12.7. The Kier molecular flexibility index (Phi) is 5.69. The molecule has 0 aliphatic carbocycles. The number of carbonyl (C=O) groups is 1. The number of nitrogens with zero attached hydrogens (tertiary/aromatic N) is 3. The molecule has 2 aromatic heterocycles. The first-order valence-corrected chi connectivity index (χ1v) is 11.9. The fraction of sp³-hybridized carbons (Fsp3) is 0.286. The van der Waals surface area contributed by atoms with Crippen LogP contribution in [0.5, 0.6) is 5.75 Å². The van der Waals surface area contributed by atoms with Crippen molar-refractivity contribution >= 4 is 39.1 Å². The molecule has 5 rings (SSSR count). The van der Waals surface area contributed by atoms with E-state index in [0.717, 1.165) is 0 Å². The number of hydrogen-bond acceptors (Lipinski definition) is 11. The van der Waals surface area contributed by atoms with Gasteiger partial charge in [0.1, 0.15) is 35.4 Å². The van der Waals surface area contributed by atoms with Crippen molar-refractivity contribution in [1.82, 2.24) is 19.3 Å². The minimum absolute atomic E-state index is 0.101. The number of imidazole rings is 1. The Hall–Kier alpha value is -3.56. The van der Waals surface area contributed by atoms with Crippen molar-refractivity contribution in [2.24, 2.45) is 0 Å². The van der Waals surface area contributed by atoms with Crippen molar-refractivity contribution in [1.29, 1.82) is 0 Å². The van der Waals surface area contributed by atoms with Gasteiger partial charge in [0, 0.05) is 6.20 Å². The van der Waals surface area contributed by atoms with E-state index in [9.17, 15) is 28.5 Å². The SMILES string of the molecule is Nc1ccnc2c1nc1n2[C@@H]2O[C@H](COS(=O)(=O)NC(=O)c3c(O)cccc3C/C=C\1)[C@@H](O)[C@H]2O. The minimum atomic E-state index is -4.65. The van der Waals surface area contributed by atoms with Gasteiger partial charge in [-0.15, -0.1) is 0 Å². The zero-order chi connectivity index (χ0) is 24.9. The maximum absolute atomic E-state index is 12.7. The predicted octanol–water partition coefficient (Wildman–Crippen LogP) is -0.401. The molecule has 0 spiro atoms. The molecular weight excluding hydrogens is 482 g/mol. The summed E-state index contributed by atoms with van der Waals surface area (Å²) in [5.41, 5.74) is 7.06. The fourth-order valence-corrected chi connectivity index (χ4v) is 4.84. The Bertz CT molecular complexity index is 1450. The molecule has 184 valence electrons. The molecule has 4 atom stereocenters. The minimum Gasteiger partial charge on any atom is -0.507 e. The van der Waals surface area contributed by atoms with Crippen molar-refractivity contribution in [2.75, 3.05) is 12.3 Å². The number of allylic oxidation sites excluding steroid dienone is 1. The summed E-state index contributed by atoms with van der Waals surface area (Å²) in [7, 11) is -4.65. The highest BCUT2D eigenvalue weighted by Gasteiger charge is 2.46. The number of benzene rings is 1. The smallest absolute Gasteiger partial charge is 0.362 e. The van der Waals surface area contributed by atoms with Crippen LogP contribution < -0.4 is 10.5 Å². The molecule has 1 aromatic carbocycles. The number of hydrogen-bond donors (Lipinski definition) is 5. The van der Waals surface area contributed by atoms with Gasteiger partial charge < -0.3 is 25.8 Å². The second-order valence-corrected chi connectivity index (χ2v) is 9.39. The lowest BCUT2D eigenvalue weighted by Crippen LogP contribution is -2.38. The van der Waals surface area contributed by atoms with Crippen molar-refractivity contribution in [3.05, 3.63) is 53.5 Å². The summed E-state index contributed by atoms with van der Waals surface area (Å²) in [6.07, 6.45) is -0.733. The van der Waals surface area contributed by atoms with Crippen LogP contribution in [0.1, 0.15) is 28.0 Å². The Morgan fingerprint density at radius 2 is 2.00 bits per heavy atom. The van der Waals surface area contributed by atoms with Crippen LogP contribution in [-0.4, -0.2) is 69.1 Å². The van der Waals surface area contributed by atoms with Gasteiger partial charge in [0.25, 0.3) is 5.91 Å². The summed E-state index contributed by atoms with van der Waals surface area (Å²) >= 11 is 0. The zero-order valence-corrected chi connectivity index (χ0v) is 18.8. The molecule has 0 unspecified atom stereocenters. The summed E-state index contributed by atoms with van der Waals surface area (Å²) in [5.74, 6) is -1.24. The molecule has 2 bridgehead atoms. The summed E-state index contributed by atoms with van der Waals surface area (Å²) in [5, 5.41) is 31.5. The highest BCUT2D eigenvalue weighted by atomic mass is 32.2. The van der Waals surface area contributed by atoms with Crippen LogP contribution >= 0.6 is 0 Å². The van der Waals surface area contributed by atoms with Gasteiger partial charge in [-0.2, -0.15) is 8.42 Å². The van der Waals surface area contributed by atoms with Crippen LogP contribution in [0, 0.1) is 0 Å². The Morgan fingerprint density at radius 3 is 2.80 bits per heavy atom.